The zero-order valence-electron chi connectivity index (χ0n) is 13.2. The Labute approximate surface area is 131 Å². The first-order valence-electron chi connectivity index (χ1n) is 7.71. The van der Waals surface area contributed by atoms with Crippen LogP contribution in [0.2, 0.25) is 0 Å². The fourth-order valence-corrected chi connectivity index (χ4v) is 2.79. The molecule has 0 fully saturated rings. The van der Waals surface area contributed by atoms with Crippen molar-refractivity contribution >= 4 is 0 Å². The molecule has 0 aliphatic carbocycles. The van der Waals surface area contributed by atoms with Crippen molar-refractivity contribution in [3.63, 3.8) is 0 Å². The third-order valence-electron chi connectivity index (χ3n) is 4.09. The molecule has 0 bridgehead atoms. The summed E-state index contributed by atoms with van der Waals surface area (Å²) in [7, 11) is 0. The van der Waals surface area contributed by atoms with Crippen LogP contribution in [0.25, 0.3) is 0 Å². The van der Waals surface area contributed by atoms with Gasteiger partial charge in [-0.1, -0.05) is 12.1 Å². The van der Waals surface area contributed by atoms with E-state index in [-0.39, 0.29) is 0 Å². The number of β-amino-alcohol motifs (C(OH)–C–C–N with tert-alkyl or cyclic N) is 1. The van der Waals surface area contributed by atoms with Gasteiger partial charge in [-0.3, -0.25) is 4.90 Å². The number of ether oxygens (including phenoxy) is 1. The molecule has 0 spiro atoms. The highest BCUT2D eigenvalue weighted by Gasteiger charge is 2.19. The Bertz CT molecular complexity index is 639. The fourth-order valence-electron chi connectivity index (χ4n) is 2.79. The van der Waals surface area contributed by atoms with E-state index in [1.54, 1.807) is 0 Å². The molecule has 0 amide bonds. The molecule has 2 heterocycles. The second-order valence-electron chi connectivity index (χ2n) is 6.05. The van der Waals surface area contributed by atoms with Crippen LogP contribution in [0.15, 0.2) is 30.7 Å². The van der Waals surface area contributed by atoms with E-state index in [2.05, 4.69) is 20.5 Å². The molecule has 1 aromatic carbocycles. The lowest BCUT2D eigenvalue weighted by atomic mass is 10.1. The number of aliphatic hydroxyl groups excluding tert-OH is 1. The van der Waals surface area contributed by atoms with Gasteiger partial charge in [-0.25, -0.2) is 4.98 Å². The van der Waals surface area contributed by atoms with Gasteiger partial charge in [-0.15, -0.1) is 0 Å². The summed E-state index contributed by atoms with van der Waals surface area (Å²) >= 11 is 0. The maximum atomic E-state index is 10.2. The number of benzene rings is 1. The maximum absolute atomic E-state index is 10.2. The molecular formula is C17H23N3O2. The van der Waals surface area contributed by atoms with Crippen LogP contribution in [0.5, 0.6) is 5.75 Å². The lowest BCUT2D eigenvalue weighted by Gasteiger charge is -2.29. The lowest BCUT2D eigenvalue weighted by Crippen LogP contribution is -2.40. The Kier molecular flexibility index (Phi) is 4.45. The van der Waals surface area contributed by atoms with Gasteiger partial charge in [0.2, 0.25) is 0 Å². The van der Waals surface area contributed by atoms with Crippen LogP contribution in [0.1, 0.15) is 16.8 Å². The van der Waals surface area contributed by atoms with Gasteiger partial charge in [0.05, 0.1) is 12.0 Å². The van der Waals surface area contributed by atoms with Crippen molar-refractivity contribution in [3.8, 4) is 5.75 Å². The van der Waals surface area contributed by atoms with Crippen molar-refractivity contribution in [3.05, 3.63) is 47.5 Å². The third-order valence-corrected chi connectivity index (χ3v) is 4.09. The number of nitrogens with zero attached hydrogens (tertiary/aromatic N) is 3. The molecule has 118 valence electrons. The van der Waals surface area contributed by atoms with Crippen LogP contribution in [0, 0.1) is 13.8 Å². The zero-order valence-corrected chi connectivity index (χ0v) is 13.2. The molecule has 3 rings (SSSR count). The highest BCUT2D eigenvalue weighted by atomic mass is 16.5. The largest absolute Gasteiger partial charge is 0.491 e. The van der Waals surface area contributed by atoms with Crippen LogP contribution in [-0.4, -0.2) is 45.4 Å². The topological polar surface area (TPSA) is 50.5 Å². The van der Waals surface area contributed by atoms with Gasteiger partial charge in [0.25, 0.3) is 0 Å². The van der Waals surface area contributed by atoms with Gasteiger partial charge in [0, 0.05) is 32.4 Å². The minimum atomic E-state index is -0.491. The second-order valence-corrected chi connectivity index (χ2v) is 6.05. The predicted octanol–water partition coefficient (Wildman–Crippen LogP) is 1.76. The van der Waals surface area contributed by atoms with E-state index >= 15 is 0 Å². The Balaban J connectivity index is 1.51. The first kappa shape index (κ1) is 15.1. The van der Waals surface area contributed by atoms with Crippen LogP contribution in [0.3, 0.4) is 0 Å². The number of aryl methyl sites for hydroxylation is 2. The summed E-state index contributed by atoms with van der Waals surface area (Å²) in [5.41, 5.74) is 3.47. The number of aliphatic hydroxyl groups is 1. The van der Waals surface area contributed by atoms with Crippen molar-refractivity contribution in [1.29, 1.82) is 0 Å². The van der Waals surface area contributed by atoms with E-state index < -0.39 is 6.10 Å². The molecule has 0 saturated heterocycles. The average Bonchev–Trinajstić information content (AvgIpc) is 2.96. The van der Waals surface area contributed by atoms with Crippen molar-refractivity contribution in [1.82, 2.24) is 14.5 Å². The molecule has 0 radical (unpaired) electrons. The first-order valence-corrected chi connectivity index (χ1v) is 7.71. The summed E-state index contributed by atoms with van der Waals surface area (Å²) in [6, 6.07) is 6.12. The minimum absolute atomic E-state index is 0.319. The van der Waals surface area contributed by atoms with E-state index in [1.165, 1.54) is 11.3 Å². The summed E-state index contributed by atoms with van der Waals surface area (Å²) in [5, 5.41) is 10.2. The van der Waals surface area contributed by atoms with Crippen LogP contribution < -0.4 is 4.74 Å². The van der Waals surface area contributed by atoms with Crippen LogP contribution in [0.4, 0.5) is 0 Å². The second kappa shape index (κ2) is 6.50. The summed E-state index contributed by atoms with van der Waals surface area (Å²) in [6.45, 7) is 7.70. The minimum Gasteiger partial charge on any atom is -0.491 e. The van der Waals surface area contributed by atoms with Crippen LogP contribution >= 0.6 is 0 Å². The van der Waals surface area contributed by atoms with Crippen molar-refractivity contribution in [2.75, 3.05) is 19.7 Å². The number of hydrogen-bond acceptors (Lipinski definition) is 4. The number of imidazole rings is 1. The zero-order chi connectivity index (χ0) is 15.5. The summed E-state index contributed by atoms with van der Waals surface area (Å²) in [6.07, 6.45) is 3.27. The van der Waals surface area contributed by atoms with Crippen molar-refractivity contribution < 1.29 is 9.84 Å². The maximum Gasteiger partial charge on any atom is 0.122 e. The van der Waals surface area contributed by atoms with E-state index in [9.17, 15) is 5.11 Å². The molecule has 5 heteroatoms. The highest BCUT2D eigenvalue weighted by molar-refractivity contribution is 5.35. The quantitative estimate of drug-likeness (QED) is 0.914. The molecule has 0 saturated carbocycles. The monoisotopic (exact) mass is 301 g/mol. The van der Waals surface area contributed by atoms with Crippen molar-refractivity contribution in [2.45, 2.75) is 33.0 Å². The Morgan fingerprint density at radius 3 is 3.05 bits per heavy atom. The van der Waals surface area contributed by atoms with Crippen LogP contribution in [-0.2, 0) is 13.1 Å². The molecule has 1 unspecified atom stereocenters. The Hall–Kier alpha value is -1.85. The average molecular weight is 301 g/mol. The molecule has 1 atom stereocenters. The van der Waals surface area contributed by atoms with Gasteiger partial charge < -0.3 is 14.4 Å². The summed E-state index contributed by atoms with van der Waals surface area (Å²) in [4.78, 5) is 6.40. The van der Waals surface area contributed by atoms with Gasteiger partial charge in [0.15, 0.2) is 0 Å². The molecule has 22 heavy (non-hydrogen) atoms. The Morgan fingerprint density at radius 2 is 2.18 bits per heavy atom. The number of rotatable bonds is 5. The van der Waals surface area contributed by atoms with Gasteiger partial charge in [-0.05, 0) is 31.0 Å². The number of hydrogen-bond donors (Lipinski definition) is 1. The highest BCUT2D eigenvalue weighted by Crippen LogP contribution is 2.19. The van der Waals surface area contributed by atoms with E-state index in [1.807, 2.05) is 38.5 Å². The number of fused-ring (bicyclic) bond motifs is 1. The molecule has 1 aliphatic heterocycles. The normalized spacial score (nSPS) is 16.3. The molecule has 5 nitrogen and oxygen atoms in total. The molecule has 1 aromatic heterocycles. The summed E-state index contributed by atoms with van der Waals surface area (Å²) < 4.78 is 7.94. The third kappa shape index (κ3) is 3.48. The van der Waals surface area contributed by atoms with E-state index in [4.69, 9.17) is 4.74 Å². The lowest BCUT2D eigenvalue weighted by molar-refractivity contribution is 0.0588. The van der Waals surface area contributed by atoms with E-state index in [0.29, 0.717) is 13.2 Å². The molecule has 1 aliphatic rings. The summed E-state index contributed by atoms with van der Waals surface area (Å²) in [5.74, 6) is 0.857. The SMILES string of the molecule is Cc1ccc(C)c(OCC(O)CN2CCn3cncc3C2)c1. The Morgan fingerprint density at radius 1 is 1.32 bits per heavy atom. The number of aromatic nitrogens is 2. The van der Waals surface area contributed by atoms with Crippen molar-refractivity contribution in [2.24, 2.45) is 0 Å². The van der Waals surface area contributed by atoms with Gasteiger partial charge in [-0.2, -0.15) is 0 Å². The molecule has 2 aromatic rings. The fraction of sp³-hybridized carbons (Fsp3) is 0.471. The van der Waals surface area contributed by atoms with E-state index in [0.717, 1.165) is 30.9 Å². The first-order chi connectivity index (χ1) is 10.6. The molecular weight excluding hydrogens is 278 g/mol. The van der Waals surface area contributed by atoms with Gasteiger partial charge in [0.1, 0.15) is 18.5 Å². The smallest absolute Gasteiger partial charge is 0.122 e. The van der Waals surface area contributed by atoms with Gasteiger partial charge >= 0.3 is 0 Å². The molecule has 1 N–H and O–H groups in total. The standard InChI is InChI=1S/C17H23N3O2/c1-13-3-4-14(2)17(7-13)22-11-16(21)10-19-5-6-20-12-18-8-15(20)9-19/h3-4,7-8,12,16,21H,5-6,9-11H2,1-2H3. The predicted molar refractivity (Wildman–Crippen MR) is 84.9 cm³/mol.